The first-order valence-corrected chi connectivity index (χ1v) is 9.35. The van der Waals surface area contributed by atoms with E-state index in [-0.39, 0.29) is 12.2 Å². The summed E-state index contributed by atoms with van der Waals surface area (Å²) in [4.78, 5) is 11.3. The maximum Gasteiger partial charge on any atom is 0.234 e. The smallest absolute Gasteiger partial charge is 0.234 e. The average molecular weight is 333 g/mol. The summed E-state index contributed by atoms with van der Waals surface area (Å²) in [7, 11) is 0. The fourth-order valence-electron chi connectivity index (χ4n) is 3.91. The average Bonchev–Trinajstić information content (AvgIpc) is 3.18. The molecule has 0 bridgehead atoms. The second-order valence-corrected chi connectivity index (χ2v) is 7.00. The standard InChI is InChI=1S/C18H27N3O3/c1-2-5-14(6-3-1)24-18-12-19-11-17(20-18)21-8-10-23-16(13-21)15-7-4-9-22-15/h11-12,14-16H,1-10,13H2. The summed E-state index contributed by atoms with van der Waals surface area (Å²) in [5.74, 6) is 1.54. The maximum atomic E-state index is 6.06. The Labute approximate surface area is 143 Å². The van der Waals surface area contributed by atoms with Crippen molar-refractivity contribution in [1.29, 1.82) is 0 Å². The van der Waals surface area contributed by atoms with Gasteiger partial charge in [0.15, 0.2) is 5.82 Å². The highest BCUT2D eigenvalue weighted by Crippen LogP contribution is 2.25. The molecule has 2 saturated heterocycles. The largest absolute Gasteiger partial charge is 0.473 e. The number of anilines is 1. The van der Waals surface area contributed by atoms with E-state index in [0.717, 1.165) is 51.2 Å². The van der Waals surface area contributed by atoms with Gasteiger partial charge in [-0.25, -0.2) is 0 Å². The summed E-state index contributed by atoms with van der Waals surface area (Å²) >= 11 is 0. The molecular weight excluding hydrogens is 306 g/mol. The van der Waals surface area contributed by atoms with Crippen LogP contribution in [0, 0.1) is 0 Å². The number of morpholine rings is 1. The Bertz CT molecular complexity index is 530. The highest BCUT2D eigenvalue weighted by molar-refractivity contribution is 5.38. The molecule has 6 nitrogen and oxygen atoms in total. The zero-order valence-electron chi connectivity index (χ0n) is 14.2. The van der Waals surface area contributed by atoms with Gasteiger partial charge in [0.05, 0.1) is 25.1 Å². The molecule has 0 aromatic carbocycles. The molecular formula is C18H27N3O3. The lowest BCUT2D eigenvalue weighted by molar-refractivity contribution is -0.0544. The lowest BCUT2D eigenvalue weighted by atomic mass is 9.98. The Morgan fingerprint density at radius 2 is 1.83 bits per heavy atom. The van der Waals surface area contributed by atoms with Crippen LogP contribution in [0.4, 0.5) is 5.82 Å². The summed E-state index contributed by atoms with van der Waals surface area (Å²) in [6, 6.07) is 0. The highest BCUT2D eigenvalue weighted by Gasteiger charge is 2.31. The summed E-state index contributed by atoms with van der Waals surface area (Å²) < 4.78 is 17.8. The molecule has 3 fully saturated rings. The van der Waals surface area contributed by atoms with Crippen LogP contribution in [0.1, 0.15) is 44.9 Å². The number of rotatable bonds is 4. The van der Waals surface area contributed by atoms with Crippen molar-refractivity contribution < 1.29 is 14.2 Å². The van der Waals surface area contributed by atoms with E-state index in [4.69, 9.17) is 19.2 Å². The first-order chi connectivity index (χ1) is 11.9. The highest BCUT2D eigenvalue weighted by atomic mass is 16.5. The first-order valence-electron chi connectivity index (χ1n) is 9.35. The fraction of sp³-hybridized carbons (Fsp3) is 0.778. The van der Waals surface area contributed by atoms with Gasteiger partial charge in [-0.15, -0.1) is 0 Å². The van der Waals surface area contributed by atoms with Crippen LogP contribution in [-0.4, -0.2) is 54.6 Å². The van der Waals surface area contributed by atoms with Crippen molar-refractivity contribution in [3.05, 3.63) is 12.4 Å². The van der Waals surface area contributed by atoms with Gasteiger partial charge in [0, 0.05) is 19.7 Å². The van der Waals surface area contributed by atoms with Crippen LogP contribution in [0.3, 0.4) is 0 Å². The fourth-order valence-corrected chi connectivity index (χ4v) is 3.91. The second-order valence-electron chi connectivity index (χ2n) is 7.00. The molecule has 1 saturated carbocycles. The van der Waals surface area contributed by atoms with Crippen molar-refractivity contribution in [2.24, 2.45) is 0 Å². The molecule has 132 valence electrons. The zero-order valence-corrected chi connectivity index (χ0v) is 14.2. The molecule has 0 amide bonds. The van der Waals surface area contributed by atoms with E-state index in [1.165, 1.54) is 19.3 Å². The van der Waals surface area contributed by atoms with Crippen LogP contribution in [-0.2, 0) is 9.47 Å². The van der Waals surface area contributed by atoms with E-state index in [9.17, 15) is 0 Å². The Morgan fingerprint density at radius 1 is 0.958 bits per heavy atom. The van der Waals surface area contributed by atoms with Crippen molar-refractivity contribution in [3.63, 3.8) is 0 Å². The van der Waals surface area contributed by atoms with Crippen molar-refractivity contribution in [2.75, 3.05) is 31.2 Å². The third kappa shape index (κ3) is 3.81. The van der Waals surface area contributed by atoms with Gasteiger partial charge in [-0.05, 0) is 38.5 Å². The quantitative estimate of drug-likeness (QED) is 0.844. The Hall–Kier alpha value is -1.40. The predicted molar refractivity (Wildman–Crippen MR) is 90.5 cm³/mol. The summed E-state index contributed by atoms with van der Waals surface area (Å²) in [5, 5.41) is 0. The lowest BCUT2D eigenvalue weighted by Crippen LogP contribution is -2.48. The SMILES string of the molecule is c1ncc(N2CCOC(C3CCCO3)C2)nc1OC1CCCCC1. The molecule has 3 aliphatic rings. The summed E-state index contributed by atoms with van der Waals surface area (Å²) in [6.07, 6.45) is 12.5. The van der Waals surface area contributed by atoms with Gasteiger partial charge in [-0.3, -0.25) is 4.98 Å². The Balaban J connectivity index is 1.40. The molecule has 24 heavy (non-hydrogen) atoms. The molecule has 1 aromatic rings. The van der Waals surface area contributed by atoms with Crippen LogP contribution in [0.15, 0.2) is 12.4 Å². The van der Waals surface area contributed by atoms with Crippen LogP contribution in [0.2, 0.25) is 0 Å². The molecule has 2 atom stereocenters. The van der Waals surface area contributed by atoms with Gasteiger partial charge < -0.3 is 19.1 Å². The predicted octanol–water partition coefficient (Wildman–Crippen LogP) is 2.57. The van der Waals surface area contributed by atoms with Crippen molar-refractivity contribution in [2.45, 2.75) is 63.3 Å². The van der Waals surface area contributed by atoms with Gasteiger partial charge in [0.25, 0.3) is 0 Å². The van der Waals surface area contributed by atoms with Gasteiger partial charge in [-0.2, -0.15) is 4.98 Å². The van der Waals surface area contributed by atoms with Gasteiger partial charge in [0.2, 0.25) is 5.88 Å². The van der Waals surface area contributed by atoms with Crippen LogP contribution >= 0.6 is 0 Å². The van der Waals surface area contributed by atoms with Crippen LogP contribution in [0.5, 0.6) is 5.88 Å². The van der Waals surface area contributed by atoms with Crippen molar-refractivity contribution >= 4 is 5.82 Å². The molecule has 4 rings (SSSR count). The summed E-state index contributed by atoms with van der Waals surface area (Å²) in [5.41, 5.74) is 0. The Morgan fingerprint density at radius 3 is 2.67 bits per heavy atom. The molecule has 0 N–H and O–H groups in total. The molecule has 6 heteroatoms. The minimum Gasteiger partial charge on any atom is -0.473 e. The van der Waals surface area contributed by atoms with Gasteiger partial charge in [0.1, 0.15) is 12.2 Å². The summed E-state index contributed by atoms with van der Waals surface area (Å²) in [6.45, 7) is 3.21. The van der Waals surface area contributed by atoms with E-state index in [2.05, 4.69) is 9.88 Å². The normalized spacial score (nSPS) is 28.9. The minimum absolute atomic E-state index is 0.131. The van der Waals surface area contributed by atoms with E-state index in [1.807, 2.05) is 6.20 Å². The molecule has 2 unspecified atom stereocenters. The number of ether oxygens (including phenoxy) is 3. The molecule has 0 spiro atoms. The molecule has 1 aromatic heterocycles. The third-order valence-corrected chi connectivity index (χ3v) is 5.24. The van der Waals surface area contributed by atoms with Crippen molar-refractivity contribution in [1.82, 2.24) is 9.97 Å². The van der Waals surface area contributed by atoms with Crippen LogP contribution < -0.4 is 9.64 Å². The Kier molecular flexibility index (Phi) is 5.13. The molecule has 3 heterocycles. The van der Waals surface area contributed by atoms with E-state index >= 15 is 0 Å². The minimum atomic E-state index is 0.131. The molecule has 0 radical (unpaired) electrons. The van der Waals surface area contributed by atoms with Crippen LogP contribution in [0.25, 0.3) is 0 Å². The first kappa shape index (κ1) is 16.1. The maximum absolute atomic E-state index is 6.06. The molecule has 2 aliphatic heterocycles. The third-order valence-electron chi connectivity index (χ3n) is 5.24. The van der Waals surface area contributed by atoms with E-state index in [0.29, 0.717) is 18.6 Å². The number of aromatic nitrogens is 2. The van der Waals surface area contributed by atoms with Gasteiger partial charge >= 0.3 is 0 Å². The second kappa shape index (κ2) is 7.66. The van der Waals surface area contributed by atoms with Gasteiger partial charge in [-0.1, -0.05) is 6.42 Å². The van der Waals surface area contributed by atoms with E-state index in [1.54, 1.807) is 6.20 Å². The monoisotopic (exact) mass is 333 g/mol. The lowest BCUT2D eigenvalue weighted by Gasteiger charge is -2.36. The number of nitrogens with zero attached hydrogens (tertiary/aromatic N) is 3. The number of hydrogen-bond acceptors (Lipinski definition) is 6. The van der Waals surface area contributed by atoms with E-state index < -0.39 is 0 Å². The number of hydrogen-bond donors (Lipinski definition) is 0. The van der Waals surface area contributed by atoms with Crippen molar-refractivity contribution in [3.8, 4) is 5.88 Å². The molecule has 1 aliphatic carbocycles. The topological polar surface area (TPSA) is 56.7 Å². The zero-order chi connectivity index (χ0) is 16.2.